The number of carbonyl (C=O) groups excluding carboxylic acids is 1. The summed E-state index contributed by atoms with van der Waals surface area (Å²) in [7, 11) is 0. The van der Waals surface area contributed by atoms with Crippen molar-refractivity contribution in [1.82, 2.24) is 0 Å². The van der Waals surface area contributed by atoms with Crippen LogP contribution in [0.25, 0.3) is 0 Å². The van der Waals surface area contributed by atoms with Gasteiger partial charge >= 0.3 is 5.97 Å². The monoisotopic (exact) mass is 293 g/mol. The van der Waals surface area contributed by atoms with Crippen LogP contribution in [0.3, 0.4) is 0 Å². The fourth-order valence-electron chi connectivity index (χ4n) is 1.91. The highest BCUT2D eigenvalue weighted by molar-refractivity contribution is 5.69. The van der Waals surface area contributed by atoms with Crippen molar-refractivity contribution in [2.45, 2.75) is 58.5 Å². The molecule has 0 bridgehead atoms. The van der Waals surface area contributed by atoms with Crippen molar-refractivity contribution >= 4 is 11.7 Å². The Hall–Kier alpha value is -1.71. The third kappa shape index (κ3) is 8.95. The number of ether oxygens (including phenoxy) is 2. The first kappa shape index (κ1) is 17.3. The molecule has 21 heavy (non-hydrogen) atoms. The molecule has 0 saturated heterocycles. The molecule has 0 aliphatic heterocycles. The van der Waals surface area contributed by atoms with Crippen LogP contribution in [0.1, 0.15) is 52.9 Å². The molecule has 4 nitrogen and oxygen atoms in total. The van der Waals surface area contributed by atoms with E-state index in [1.807, 2.05) is 45.0 Å². The summed E-state index contributed by atoms with van der Waals surface area (Å²) in [4.78, 5) is 11.5. The summed E-state index contributed by atoms with van der Waals surface area (Å²) in [6.07, 6.45) is 4.40. The van der Waals surface area contributed by atoms with E-state index in [1.54, 1.807) is 0 Å². The number of rotatable bonds is 8. The molecule has 0 aliphatic carbocycles. The summed E-state index contributed by atoms with van der Waals surface area (Å²) >= 11 is 0. The number of nitrogens with two attached hydrogens (primary N) is 1. The zero-order chi connectivity index (χ0) is 15.7. The maximum atomic E-state index is 11.5. The highest BCUT2D eigenvalue weighted by Gasteiger charge is 2.15. The number of nitrogen functional groups attached to an aromatic ring is 1. The molecule has 0 radical (unpaired) electrons. The van der Waals surface area contributed by atoms with Crippen molar-refractivity contribution in [2.75, 3.05) is 12.3 Å². The average molecular weight is 293 g/mol. The Kier molecular flexibility index (Phi) is 7.06. The van der Waals surface area contributed by atoms with Crippen LogP contribution in [0, 0.1) is 0 Å². The Morgan fingerprint density at radius 2 is 1.86 bits per heavy atom. The third-order valence-corrected chi connectivity index (χ3v) is 2.82. The van der Waals surface area contributed by atoms with Gasteiger partial charge in [0.1, 0.15) is 11.4 Å². The zero-order valence-corrected chi connectivity index (χ0v) is 13.4. The Bertz CT molecular complexity index is 438. The van der Waals surface area contributed by atoms with Gasteiger partial charge in [-0.15, -0.1) is 0 Å². The number of hydrogen-bond donors (Lipinski definition) is 1. The summed E-state index contributed by atoms with van der Waals surface area (Å²) < 4.78 is 10.9. The summed E-state index contributed by atoms with van der Waals surface area (Å²) in [6, 6.07) is 7.44. The molecular formula is C17H27NO3. The minimum atomic E-state index is -0.386. The number of esters is 1. The molecule has 0 heterocycles. The van der Waals surface area contributed by atoms with E-state index in [0.29, 0.717) is 18.7 Å². The van der Waals surface area contributed by atoms with E-state index in [9.17, 15) is 4.79 Å². The van der Waals surface area contributed by atoms with Gasteiger partial charge in [0.15, 0.2) is 0 Å². The van der Waals surface area contributed by atoms with Crippen LogP contribution in [0.4, 0.5) is 5.69 Å². The summed E-state index contributed by atoms with van der Waals surface area (Å²) in [5.74, 6) is 0.697. The summed E-state index contributed by atoms with van der Waals surface area (Å²) in [5, 5.41) is 0. The van der Waals surface area contributed by atoms with Crippen molar-refractivity contribution in [1.29, 1.82) is 0 Å². The van der Waals surface area contributed by atoms with Crippen molar-refractivity contribution in [2.24, 2.45) is 0 Å². The average Bonchev–Trinajstić information content (AvgIpc) is 2.35. The van der Waals surface area contributed by atoms with Gasteiger partial charge in [0, 0.05) is 18.2 Å². The predicted octanol–water partition coefficient (Wildman–Crippen LogP) is 3.94. The van der Waals surface area contributed by atoms with E-state index in [-0.39, 0.29) is 11.6 Å². The highest BCUT2D eigenvalue weighted by atomic mass is 16.6. The van der Waals surface area contributed by atoms with Crippen LogP contribution in [-0.4, -0.2) is 18.2 Å². The molecule has 118 valence electrons. The van der Waals surface area contributed by atoms with Gasteiger partial charge in [-0.05, 0) is 45.7 Å². The Morgan fingerprint density at radius 3 is 2.52 bits per heavy atom. The van der Waals surface area contributed by atoms with Gasteiger partial charge in [0.25, 0.3) is 0 Å². The zero-order valence-electron chi connectivity index (χ0n) is 13.4. The lowest BCUT2D eigenvalue weighted by Gasteiger charge is -2.19. The molecule has 0 saturated carbocycles. The first-order valence-electron chi connectivity index (χ1n) is 7.57. The topological polar surface area (TPSA) is 61.5 Å². The van der Waals surface area contributed by atoms with Gasteiger partial charge in [-0.3, -0.25) is 4.79 Å². The van der Waals surface area contributed by atoms with Crippen molar-refractivity contribution in [3.05, 3.63) is 24.3 Å². The Labute approximate surface area is 127 Å². The molecule has 0 spiro atoms. The number of anilines is 1. The Balaban J connectivity index is 2.01. The van der Waals surface area contributed by atoms with E-state index >= 15 is 0 Å². The number of carbonyl (C=O) groups is 1. The van der Waals surface area contributed by atoms with E-state index in [0.717, 1.165) is 31.4 Å². The third-order valence-electron chi connectivity index (χ3n) is 2.82. The molecule has 1 aromatic rings. The SMILES string of the molecule is CC(C)(C)OC(=O)CCCCCCOc1cccc(N)c1. The number of hydrogen-bond acceptors (Lipinski definition) is 4. The van der Waals surface area contributed by atoms with E-state index < -0.39 is 0 Å². The molecule has 2 N–H and O–H groups in total. The normalized spacial score (nSPS) is 11.2. The van der Waals surface area contributed by atoms with Crippen LogP contribution in [0.2, 0.25) is 0 Å². The molecule has 0 unspecified atom stereocenters. The molecule has 1 aromatic carbocycles. The van der Waals surface area contributed by atoms with Gasteiger partial charge < -0.3 is 15.2 Å². The first-order valence-corrected chi connectivity index (χ1v) is 7.57. The fourth-order valence-corrected chi connectivity index (χ4v) is 1.91. The predicted molar refractivity (Wildman–Crippen MR) is 85.3 cm³/mol. The van der Waals surface area contributed by atoms with E-state index in [4.69, 9.17) is 15.2 Å². The van der Waals surface area contributed by atoms with Crippen LogP contribution in [-0.2, 0) is 9.53 Å². The minimum Gasteiger partial charge on any atom is -0.494 e. The van der Waals surface area contributed by atoms with Crippen molar-refractivity contribution in [3.63, 3.8) is 0 Å². The largest absolute Gasteiger partial charge is 0.494 e. The molecule has 1 rings (SSSR count). The molecular weight excluding hydrogens is 266 g/mol. The lowest BCUT2D eigenvalue weighted by molar-refractivity contribution is -0.154. The molecule has 0 aromatic heterocycles. The molecule has 0 amide bonds. The van der Waals surface area contributed by atoms with Crippen molar-refractivity contribution in [3.8, 4) is 5.75 Å². The van der Waals surface area contributed by atoms with Crippen LogP contribution >= 0.6 is 0 Å². The van der Waals surface area contributed by atoms with Gasteiger partial charge in [0.05, 0.1) is 6.61 Å². The maximum Gasteiger partial charge on any atom is 0.306 e. The van der Waals surface area contributed by atoms with E-state index in [2.05, 4.69) is 0 Å². The number of unbranched alkanes of at least 4 members (excludes halogenated alkanes) is 3. The lowest BCUT2D eigenvalue weighted by atomic mass is 10.1. The summed E-state index contributed by atoms with van der Waals surface area (Å²) in [6.45, 7) is 6.34. The fraction of sp³-hybridized carbons (Fsp3) is 0.588. The summed E-state index contributed by atoms with van der Waals surface area (Å²) in [5.41, 5.74) is 6.00. The van der Waals surface area contributed by atoms with Gasteiger partial charge in [-0.25, -0.2) is 0 Å². The van der Waals surface area contributed by atoms with Gasteiger partial charge in [-0.2, -0.15) is 0 Å². The highest BCUT2D eigenvalue weighted by Crippen LogP contribution is 2.15. The molecule has 0 atom stereocenters. The minimum absolute atomic E-state index is 0.112. The first-order chi connectivity index (χ1) is 9.87. The molecule has 4 heteroatoms. The molecule has 0 aliphatic rings. The number of benzene rings is 1. The van der Waals surface area contributed by atoms with Crippen LogP contribution in [0.5, 0.6) is 5.75 Å². The maximum absolute atomic E-state index is 11.5. The lowest BCUT2D eigenvalue weighted by Crippen LogP contribution is -2.23. The van der Waals surface area contributed by atoms with Gasteiger partial charge in [0.2, 0.25) is 0 Å². The van der Waals surface area contributed by atoms with Crippen molar-refractivity contribution < 1.29 is 14.3 Å². The smallest absolute Gasteiger partial charge is 0.306 e. The van der Waals surface area contributed by atoms with Gasteiger partial charge in [-0.1, -0.05) is 18.9 Å². The second kappa shape index (κ2) is 8.55. The molecule has 0 fully saturated rings. The van der Waals surface area contributed by atoms with Crippen LogP contribution < -0.4 is 10.5 Å². The second-order valence-electron chi connectivity index (χ2n) is 6.17. The van der Waals surface area contributed by atoms with Crippen LogP contribution in [0.15, 0.2) is 24.3 Å². The second-order valence-corrected chi connectivity index (χ2v) is 6.17. The Morgan fingerprint density at radius 1 is 1.14 bits per heavy atom. The quantitative estimate of drug-likeness (QED) is 0.448. The standard InChI is InChI=1S/C17H27NO3/c1-17(2,3)21-16(19)11-6-4-5-7-12-20-15-10-8-9-14(18)13-15/h8-10,13H,4-7,11-12,18H2,1-3H3. The van der Waals surface area contributed by atoms with E-state index in [1.165, 1.54) is 0 Å².